The SMILES string of the molecule is COc1ccc(CNCC(O)C(C)C)cc1OCc1cccnc1. The Labute approximate surface area is 143 Å². The molecule has 0 radical (unpaired) electrons. The molecule has 2 N–H and O–H groups in total. The standard InChI is InChI=1S/C19H26N2O3/c1-14(2)17(22)12-21-10-15-6-7-18(23-3)19(9-15)24-13-16-5-4-8-20-11-16/h4-9,11,14,17,21-22H,10,12-13H2,1-3H3. The molecule has 0 spiro atoms. The second kappa shape index (κ2) is 9.25. The van der Waals surface area contributed by atoms with E-state index in [-0.39, 0.29) is 12.0 Å². The van der Waals surface area contributed by atoms with Gasteiger partial charge in [-0.2, -0.15) is 0 Å². The number of aromatic nitrogens is 1. The second-order valence-corrected chi connectivity index (χ2v) is 6.08. The molecule has 2 rings (SSSR count). The molecule has 0 fully saturated rings. The van der Waals surface area contributed by atoms with Crippen molar-refractivity contribution in [3.8, 4) is 11.5 Å². The Morgan fingerprint density at radius 2 is 2.00 bits per heavy atom. The van der Waals surface area contributed by atoms with Crippen LogP contribution in [0.4, 0.5) is 0 Å². The molecular weight excluding hydrogens is 304 g/mol. The lowest BCUT2D eigenvalue weighted by Gasteiger charge is -2.16. The van der Waals surface area contributed by atoms with Gasteiger partial charge >= 0.3 is 0 Å². The van der Waals surface area contributed by atoms with Gasteiger partial charge in [-0.05, 0) is 29.7 Å². The summed E-state index contributed by atoms with van der Waals surface area (Å²) < 4.78 is 11.2. The molecule has 0 bridgehead atoms. The lowest BCUT2D eigenvalue weighted by Crippen LogP contribution is -2.30. The number of rotatable bonds is 9. The van der Waals surface area contributed by atoms with E-state index in [1.54, 1.807) is 19.5 Å². The van der Waals surface area contributed by atoms with Crippen LogP contribution >= 0.6 is 0 Å². The number of aliphatic hydroxyl groups excluding tert-OH is 1. The van der Waals surface area contributed by atoms with Crippen LogP contribution < -0.4 is 14.8 Å². The van der Waals surface area contributed by atoms with E-state index < -0.39 is 0 Å². The molecule has 0 saturated carbocycles. The third-order valence-corrected chi connectivity index (χ3v) is 3.80. The van der Waals surface area contributed by atoms with Gasteiger partial charge in [-0.15, -0.1) is 0 Å². The van der Waals surface area contributed by atoms with E-state index in [0.29, 0.717) is 31.2 Å². The van der Waals surface area contributed by atoms with Gasteiger partial charge in [0.05, 0.1) is 13.2 Å². The van der Waals surface area contributed by atoms with Crippen molar-refractivity contribution in [1.29, 1.82) is 0 Å². The van der Waals surface area contributed by atoms with E-state index in [2.05, 4.69) is 10.3 Å². The fraction of sp³-hybridized carbons (Fsp3) is 0.421. The smallest absolute Gasteiger partial charge is 0.161 e. The Bertz CT molecular complexity index is 617. The number of pyridine rings is 1. The van der Waals surface area contributed by atoms with Crippen LogP contribution in [-0.4, -0.2) is 29.8 Å². The lowest BCUT2D eigenvalue weighted by atomic mass is 10.1. The summed E-state index contributed by atoms with van der Waals surface area (Å²) in [5.41, 5.74) is 2.08. The van der Waals surface area contributed by atoms with Crippen LogP contribution in [0, 0.1) is 5.92 Å². The average molecular weight is 330 g/mol. The van der Waals surface area contributed by atoms with E-state index >= 15 is 0 Å². The molecule has 2 aromatic rings. The van der Waals surface area contributed by atoms with Crippen molar-refractivity contribution in [2.24, 2.45) is 5.92 Å². The molecule has 24 heavy (non-hydrogen) atoms. The highest BCUT2D eigenvalue weighted by atomic mass is 16.5. The number of hydrogen-bond donors (Lipinski definition) is 2. The first kappa shape index (κ1) is 18.2. The Morgan fingerprint density at radius 3 is 2.67 bits per heavy atom. The summed E-state index contributed by atoms with van der Waals surface area (Å²) in [6, 6.07) is 9.71. The number of ether oxygens (including phenoxy) is 2. The minimum Gasteiger partial charge on any atom is -0.493 e. The predicted molar refractivity (Wildman–Crippen MR) is 94.1 cm³/mol. The van der Waals surface area contributed by atoms with Gasteiger partial charge in [0.1, 0.15) is 6.61 Å². The molecule has 0 amide bonds. The summed E-state index contributed by atoms with van der Waals surface area (Å²) in [4.78, 5) is 4.08. The first-order chi connectivity index (χ1) is 11.6. The maximum absolute atomic E-state index is 9.84. The van der Waals surface area contributed by atoms with Crippen LogP contribution in [0.3, 0.4) is 0 Å². The monoisotopic (exact) mass is 330 g/mol. The summed E-state index contributed by atoms with van der Waals surface area (Å²) in [5.74, 6) is 1.64. The summed E-state index contributed by atoms with van der Waals surface area (Å²) in [7, 11) is 1.63. The number of aliphatic hydroxyl groups is 1. The summed E-state index contributed by atoms with van der Waals surface area (Å²) >= 11 is 0. The van der Waals surface area contributed by atoms with Gasteiger partial charge in [0.15, 0.2) is 11.5 Å². The highest BCUT2D eigenvalue weighted by molar-refractivity contribution is 5.43. The Morgan fingerprint density at radius 1 is 1.17 bits per heavy atom. The summed E-state index contributed by atoms with van der Waals surface area (Å²) in [6.45, 7) is 5.67. The minimum absolute atomic E-state index is 0.242. The molecule has 5 nitrogen and oxygen atoms in total. The number of methoxy groups -OCH3 is 1. The van der Waals surface area contributed by atoms with Crippen LogP contribution in [0.25, 0.3) is 0 Å². The van der Waals surface area contributed by atoms with Crippen molar-refractivity contribution < 1.29 is 14.6 Å². The van der Waals surface area contributed by atoms with Crippen molar-refractivity contribution in [3.05, 3.63) is 53.9 Å². The maximum atomic E-state index is 9.84. The van der Waals surface area contributed by atoms with Gasteiger partial charge < -0.3 is 19.9 Å². The van der Waals surface area contributed by atoms with Crippen LogP contribution in [-0.2, 0) is 13.2 Å². The normalized spacial score (nSPS) is 12.2. The first-order valence-corrected chi connectivity index (χ1v) is 8.17. The molecule has 1 atom stereocenters. The van der Waals surface area contributed by atoms with Crippen LogP contribution in [0.5, 0.6) is 11.5 Å². The molecule has 0 saturated heterocycles. The van der Waals surface area contributed by atoms with E-state index in [9.17, 15) is 5.11 Å². The van der Waals surface area contributed by atoms with Crippen molar-refractivity contribution >= 4 is 0 Å². The van der Waals surface area contributed by atoms with Crippen molar-refractivity contribution in [2.45, 2.75) is 33.1 Å². The van der Waals surface area contributed by atoms with E-state index in [1.807, 2.05) is 44.2 Å². The van der Waals surface area contributed by atoms with Gasteiger partial charge in [-0.25, -0.2) is 0 Å². The van der Waals surface area contributed by atoms with Crippen LogP contribution in [0.15, 0.2) is 42.7 Å². The van der Waals surface area contributed by atoms with Crippen molar-refractivity contribution in [1.82, 2.24) is 10.3 Å². The highest BCUT2D eigenvalue weighted by Crippen LogP contribution is 2.28. The molecule has 1 aromatic carbocycles. The molecule has 0 aliphatic rings. The number of nitrogens with one attached hydrogen (secondary N) is 1. The maximum Gasteiger partial charge on any atom is 0.161 e. The molecule has 130 valence electrons. The van der Waals surface area contributed by atoms with Gasteiger partial charge in [0.25, 0.3) is 0 Å². The zero-order chi connectivity index (χ0) is 17.4. The fourth-order valence-electron chi connectivity index (χ4n) is 2.19. The van der Waals surface area contributed by atoms with Crippen molar-refractivity contribution in [2.75, 3.05) is 13.7 Å². The van der Waals surface area contributed by atoms with Gasteiger partial charge in [0.2, 0.25) is 0 Å². The Kier molecular flexibility index (Phi) is 7.03. The summed E-state index contributed by atoms with van der Waals surface area (Å²) in [5, 5.41) is 13.1. The Balaban J connectivity index is 1.96. The van der Waals surface area contributed by atoms with Crippen LogP contribution in [0.1, 0.15) is 25.0 Å². The molecule has 1 aromatic heterocycles. The third kappa shape index (κ3) is 5.51. The molecular formula is C19H26N2O3. The zero-order valence-electron chi connectivity index (χ0n) is 14.5. The molecule has 1 unspecified atom stereocenters. The van der Waals surface area contributed by atoms with E-state index in [0.717, 1.165) is 11.1 Å². The first-order valence-electron chi connectivity index (χ1n) is 8.17. The fourth-order valence-corrected chi connectivity index (χ4v) is 2.19. The molecule has 0 aliphatic carbocycles. The lowest BCUT2D eigenvalue weighted by molar-refractivity contribution is 0.123. The average Bonchev–Trinajstić information content (AvgIpc) is 2.60. The van der Waals surface area contributed by atoms with Gasteiger partial charge in [0, 0.05) is 31.0 Å². The largest absolute Gasteiger partial charge is 0.493 e. The molecule has 1 heterocycles. The van der Waals surface area contributed by atoms with Crippen LogP contribution in [0.2, 0.25) is 0 Å². The zero-order valence-corrected chi connectivity index (χ0v) is 14.5. The second-order valence-electron chi connectivity index (χ2n) is 6.08. The third-order valence-electron chi connectivity index (χ3n) is 3.80. The highest BCUT2D eigenvalue weighted by Gasteiger charge is 2.09. The molecule has 0 aliphatic heterocycles. The molecule has 5 heteroatoms. The summed E-state index contributed by atoms with van der Waals surface area (Å²) in [6.07, 6.45) is 3.18. The van der Waals surface area contributed by atoms with Gasteiger partial charge in [-0.1, -0.05) is 26.0 Å². The van der Waals surface area contributed by atoms with E-state index in [1.165, 1.54) is 0 Å². The van der Waals surface area contributed by atoms with Gasteiger partial charge in [-0.3, -0.25) is 4.98 Å². The predicted octanol–water partition coefficient (Wildman–Crippen LogP) is 2.78. The number of nitrogens with zero attached hydrogens (tertiary/aromatic N) is 1. The van der Waals surface area contributed by atoms with Crippen molar-refractivity contribution in [3.63, 3.8) is 0 Å². The van der Waals surface area contributed by atoms with E-state index in [4.69, 9.17) is 9.47 Å². The Hall–Kier alpha value is -2.11. The number of benzene rings is 1. The minimum atomic E-state index is -0.343. The number of hydrogen-bond acceptors (Lipinski definition) is 5. The quantitative estimate of drug-likeness (QED) is 0.740. The topological polar surface area (TPSA) is 63.6 Å².